The molecule has 21 heavy (non-hydrogen) atoms. The van der Waals surface area contributed by atoms with Crippen LogP contribution >= 0.6 is 23.2 Å². The molecule has 0 bridgehead atoms. The van der Waals surface area contributed by atoms with Gasteiger partial charge in [-0.15, -0.1) is 0 Å². The molecule has 0 aromatic heterocycles. The molecule has 1 aromatic rings. The van der Waals surface area contributed by atoms with Gasteiger partial charge in [0.25, 0.3) is 0 Å². The van der Waals surface area contributed by atoms with Gasteiger partial charge in [-0.05, 0) is 25.0 Å². The van der Waals surface area contributed by atoms with Gasteiger partial charge in [0.05, 0.1) is 18.1 Å². The van der Waals surface area contributed by atoms with Crippen LogP contribution < -0.4 is 15.2 Å². The highest BCUT2D eigenvalue weighted by Crippen LogP contribution is 2.36. The number of sulfonamides is 1. The summed E-state index contributed by atoms with van der Waals surface area (Å²) in [5, 5.41) is 7.58. The number of rotatable bonds is 6. The molecule has 2 rings (SSSR count). The third-order valence-corrected chi connectivity index (χ3v) is 4.78. The molecule has 9 heteroatoms. The van der Waals surface area contributed by atoms with Gasteiger partial charge in [-0.3, -0.25) is 4.79 Å². The van der Waals surface area contributed by atoms with Crippen LogP contribution in [-0.4, -0.2) is 27.0 Å². The molecule has 6 nitrogen and oxygen atoms in total. The second-order valence-corrected chi connectivity index (χ2v) is 6.96. The van der Waals surface area contributed by atoms with Crippen molar-refractivity contribution in [2.24, 2.45) is 5.14 Å². The Morgan fingerprint density at radius 2 is 2.00 bits per heavy atom. The Morgan fingerprint density at radius 1 is 1.33 bits per heavy atom. The minimum Gasteiger partial charge on any atom is -0.491 e. The molecule has 1 amide bonds. The second-order valence-electron chi connectivity index (χ2n) is 4.68. The Labute approximate surface area is 132 Å². The van der Waals surface area contributed by atoms with Crippen LogP contribution in [0.5, 0.6) is 5.75 Å². The highest BCUT2D eigenvalue weighted by molar-refractivity contribution is 7.89. The standard InChI is InChI=1S/C12H14Cl2N2O4S/c13-11-8(3-4-9(12(11)14)21(15,18)19)20-6-5-10(17)16-7-1-2-7/h3-4,7H,1-2,5-6H2,(H,16,17)(H2,15,18,19). The lowest BCUT2D eigenvalue weighted by molar-refractivity contribution is -0.121. The van der Waals surface area contributed by atoms with Crippen molar-refractivity contribution in [2.75, 3.05) is 6.61 Å². The third-order valence-electron chi connectivity index (χ3n) is 2.85. The first-order valence-corrected chi connectivity index (χ1v) is 8.52. The summed E-state index contributed by atoms with van der Waals surface area (Å²) < 4.78 is 27.9. The number of halogens is 2. The summed E-state index contributed by atoms with van der Waals surface area (Å²) in [5.74, 6) is 0.106. The van der Waals surface area contributed by atoms with Gasteiger partial charge < -0.3 is 10.1 Å². The Kier molecular flexibility index (Phi) is 4.98. The monoisotopic (exact) mass is 352 g/mol. The van der Waals surface area contributed by atoms with E-state index in [4.69, 9.17) is 33.1 Å². The molecule has 0 atom stereocenters. The topological polar surface area (TPSA) is 98.5 Å². The van der Waals surface area contributed by atoms with E-state index in [0.717, 1.165) is 12.8 Å². The van der Waals surface area contributed by atoms with Crippen LogP contribution in [0.25, 0.3) is 0 Å². The molecule has 1 fully saturated rings. The normalized spacial score (nSPS) is 14.8. The minimum atomic E-state index is -3.95. The summed E-state index contributed by atoms with van der Waals surface area (Å²) in [4.78, 5) is 11.2. The molecule has 0 unspecified atom stereocenters. The van der Waals surface area contributed by atoms with Crippen molar-refractivity contribution in [1.29, 1.82) is 0 Å². The number of hydrogen-bond acceptors (Lipinski definition) is 4. The summed E-state index contributed by atoms with van der Waals surface area (Å²) in [6.45, 7) is 0.114. The van der Waals surface area contributed by atoms with Gasteiger partial charge >= 0.3 is 0 Å². The predicted molar refractivity (Wildman–Crippen MR) is 79.1 cm³/mol. The van der Waals surface area contributed by atoms with E-state index in [-0.39, 0.29) is 39.6 Å². The van der Waals surface area contributed by atoms with Gasteiger partial charge in [-0.1, -0.05) is 23.2 Å². The van der Waals surface area contributed by atoms with Crippen molar-refractivity contribution in [3.05, 3.63) is 22.2 Å². The Hall–Kier alpha value is -1.02. The zero-order valence-corrected chi connectivity index (χ0v) is 13.3. The molecular weight excluding hydrogens is 339 g/mol. The quantitative estimate of drug-likeness (QED) is 0.813. The number of nitrogens with two attached hydrogens (primary N) is 1. The van der Waals surface area contributed by atoms with Crippen LogP contribution in [0.3, 0.4) is 0 Å². The summed E-state index contributed by atoms with van der Waals surface area (Å²) in [6, 6.07) is 2.86. The van der Waals surface area contributed by atoms with E-state index in [0.29, 0.717) is 6.04 Å². The van der Waals surface area contributed by atoms with Gasteiger partial charge in [-0.2, -0.15) is 0 Å². The van der Waals surface area contributed by atoms with Crippen LogP contribution in [-0.2, 0) is 14.8 Å². The average molecular weight is 353 g/mol. The van der Waals surface area contributed by atoms with Gasteiger partial charge in [0.15, 0.2) is 0 Å². The second kappa shape index (κ2) is 6.39. The van der Waals surface area contributed by atoms with Crippen molar-refractivity contribution in [3.8, 4) is 5.75 Å². The predicted octanol–water partition coefficient (Wildman–Crippen LogP) is 1.69. The van der Waals surface area contributed by atoms with E-state index in [2.05, 4.69) is 5.32 Å². The van der Waals surface area contributed by atoms with Gasteiger partial charge in [-0.25, -0.2) is 13.6 Å². The summed E-state index contributed by atoms with van der Waals surface area (Å²) in [6.07, 6.45) is 2.22. The molecule has 3 N–H and O–H groups in total. The van der Waals surface area contributed by atoms with E-state index in [1.165, 1.54) is 12.1 Å². The molecule has 1 saturated carbocycles. The molecule has 1 aliphatic carbocycles. The Bertz CT molecular complexity index is 659. The van der Waals surface area contributed by atoms with Crippen molar-refractivity contribution < 1.29 is 17.9 Å². The Morgan fingerprint density at radius 3 is 2.57 bits per heavy atom. The number of carbonyl (C=O) groups is 1. The summed E-state index contributed by atoms with van der Waals surface area (Å²) in [7, 11) is -3.95. The van der Waals surface area contributed by atoms with Gasteiger partial charge in [0.2, 0.25) is 15.9 Å². The van der Waals surface area contributed by atoms with Gasteiger partial charge in [0.1, 0.15) is 15.7 Å². The Balaban J connectivity index is 1.97. The molecular formula is C12H14Cl2N2O4S. The maximum absolute atomic E-state index is 11.5. The SMILES string of the molecule is NS(=O)(=O)c1ccc(OCCC(=O)NC2CC2)c(Cl)c1Cl. The number of amides is 1. The van der Waals surface area contributed by atoms with Crippen LogP contribution in [0.2, 0.25) is 10.0 Å². The largest absolute Gasteiger partial charge is 0.491 e. The first-order valence-electron chi connectivity index (χ1n) is 6.22. The lowest BCUT2D eigenvalue weighted by atomic mass is 10.3. The summed E-state index contributed by atoms with van der Waals surface area (Å²) in [5.41, 5.74) is 0. The van der Waals surface area contributed by atoms with Crippen molar-refractivity contribution in [2.45, 2.75) is 30.2 Å². The van der Waals surface area contributed by atoms with E-state index < -0.39 is 10.0 Å². The number of carbonyl (C=O) groups excluding carboxylic acids is 1. The third kappa shape index (κ3) is 4.47. The number of nitrogens with one attached hydrogen (secondary N) is 1. The maximum atomic E-state index is 11.5. The number of primary sulfonamides is 1. The van der Waals surface area contributed by atoms with Crippen LogP contribution in [0, 0.1) is 0 Å². The van der Waals surface area contributed by atoms with E-state index in [1.807, 2.05) is 0 Å². The fraction of sp³-hybridized carbons (Fsp3) is 0.417. The van der Waals surface area contributed by atoms with Crippen molar-refractivity contribution >= 4 is 39.1 Å². The van der Waals surface area contributed by atoms with E-state index >= 15 is 0 Å². The molecule has 0 saturated heterocycles. The van der Waals surface area contributed by atoms with Crippen LogP contribution in [0.4, 0.5) is 0 Å². The first-order chi connectivity index (χ1) is 9.79. The smallest absolute Gasteiger partial charge is 0.239 e. The minimum absolute atomic E-state index is 0.0502. The van der Waals surface area contributed by atoms with Gasteiger partial charge in [0, 0.05) is 6.04 Å². The highest BCUT2D eigenvalue weighted by atomic mass is 35.5. The molecule has 0 aliphatic heterocycles. The van der Waals surface area contributed by atoms with Crippen molar-refractivity contribution in [3.63, 3.8) is 0 Å². The fourth-order valence-corrected chi connectivity index (χ4v) is 2.99. The average Bonchev–Trinajstić information content (AvgIpc) is 3.17. The van der Waals surface area contributed by atoms with Crippen LogP contribution in [0.15, 0.2) is 17.0 Å². The number of ether oxygens (including phenoxy) is 1. The number of hydrogen-bond donors (Lipinski definition) is 2. The van der Waals surface area contributed by atoms with Crippen molar-refractivity contribution in [1.82, 2.24) is 5.32 Å². The number of benzene rings is 1. The lowest BCUT2D eigenvalue weighted by Gasteiger charge is -2.11. The zero-order valence-electron chi connectivity index (χ0n) is 10.9. The highest BCUT2D eigenvalue weighted by Gasteiger charge is 2.23. The first kappa shape index (κ1) is 16.4. The molecule has 0 radical (unpaired) electrons. The fourth-order valence-electron chi connectivity index (χ4n) is 1.63. The molecule has 0 heterocycles. The molecule has 1 aliphatic rings. The zero-order chi connectivity index (χ0) is 15.6. The molecule has 0 spiro atoms. The molecule has 1 aromatic carbocycles. The lowest BCUT2D eigenvalue weighted by Crippen LogP contribution is -2.26. The van der Waals surface area contributed by atoms with E-state index in [1.54, 1.807) is 0 Å². The maximum Gasteiger partial charge on any atom is 0.239 e. The van der Waals surface area contributed by atoms with E-state index in [9.17, 15) is 13.2 Å². The summed E-state index contributed by atoms with van der Waals surface area (Å²) >= 11 is 11.8. The van der Waals surface area contributed by atoms with Crippen LogP contribution in [0.1, 0.15) is 19.3 Å². The molecule has 116 valence electrons.